The van der Waals surface area contributed by atoms with Crippen LogP contribution in [0.2, 0.25) is 0 Å². The lowest BCUT2D eigenvalue weighted by molar-refractivity contribution is -0.274. The molecule has 34 heavy (non-hydrogen) atoms. The molecule has 172 valence electrons. The van der Waals surface area contributed by atoms with Crippen molar-refractivity contribution in [3.8, 4) is 28.6 Å². The Balaban J connectivity index is 1.55. The molecule has 0 aliphatic carbocycles. The zero-order chi connectivity index (χ0) is 24.1. The zero-order valence-electron chi connectivity index (χ0n) is 17.7. The molecule has 0 aliphatic rings. The van der Waals surface area contributed by atoms with E-state index in [-0.39, 0.29) is 5.56 Å². The molecule has 10 heteroatoms. The number of amides is 1. The van der Waals surface area contributed by atoms with Crippen molar-refractivity contribution in [1.29, 1.82) is 0 Å². The van der Waals surface area contributed by atoms with Crippen LogP contribution in [0.4, 0.5) is 18.9 Å². The number of aryl methyl sites for hydroxylation is 1. The van der Waals surface area contributed by atoms with E-state index in [4.69, 9.17) is 4.74 Å². The molecule has 1 amide bonds. The monoisotopic (exact) mass is 466 g/mol. The van der Waals surface area contributed by atoms with Gasteiger partial charge in [-0.05, 0) is 55.0 Å². The summed E-state index contributed by atoms with van der Waals surface area (Å²) in [6.45, 7) is 1.83. The lowest BCUT2D eigenvalue weighted by Gasteiger charge is -2.14. The zero-order valence-corrected chi connectivity index (χ0v) is 17.7. The molecular weight excluding hydrogens is 449 g/mol. The lowest BCUT2D eigenvalue weighted by Crippen LogP contribution is -2.18. The molecule has 0 unspecified atom stereocenters. The molecule has 0 saturated carbocycles. The van der Waals surface area contributed by atoms with Crippen LogP contribution in [-0.2, 0) is 0 Å². The van der Waals surface area contributed by atoms with Crippen LogP contribution in [0.1, 0.15) is 15.9 Å². The minimum Gasteiger partial charge on any atom is -0.438 e. The van der Waals surface area contributed by atoms with Gasteiger partial charge in [-0.2, -0.15) is 0 Å². The van der Waals surface area contributed by atoms with Gasteiger partial charge in [-0.1, -0.05) is 12.1 Å². The maximum atomic E-state index is 12.6. The predicted molar refractivity (Wildman–Crippen MR) is 118 cm³/mol. The lowest BCUT2D eigenvalue weighted by atomic mass is 10.1. The number of alkyl halides is 3. The quantitative estimate of drug-likeness (QED) is 0.387. The van der Waals surface area contributed by atoms with Crippen LogP contribution < -0.4 is 14.8 Å². The van der Waals surface area contributed by atoms with Gasteiger partial charge < -0.3 is 14.8 Å². The number of halogens is 3. The number of hydrogen-bond donors (Lipinski definition) is 1. The third kappa shape index (κ3) is 5.66. The summed E-state index contributed by atoms with van der Waals surface area (Å²) in [5.41, 5.74) is 2.44. The SMILES string of the molecule is Cc1ccc(NC(=O)c2cccc(OC(F)(F)F)c2)cc1Oc1ncccc1-c1ccncn1. The predicted octanol–water partition coefficient (Wildman–Crippen LogP) is 5.79. The summed E-state index contributed by atoms with van der Waals surface area (Å²) in [6, 6.07) is 15.1. The smallest absolute Gasteiger partial charge is 0.438 e. The van der Waals surface area contributed by atoms with E-state index in [9.17, 15) is 18.0 Å². The van der Waals surface area contributed by atoms with Gasteiger partial charge in [0, 0.05) is 29.7 Å². The Bertz CT molecular complexity index is 1310. The summed E-state index contributed by atoms with van der Waals surface area (Å²) < 4.78 is 47.3. The van der Waals surface area contributed by atoms with E-state index in [1.807, 2.05) is 13.0 Å². The molecule has 2 aromatic carbocycles. The van der Waals surface area contributed by atoms with Gasteiger partial charge in [0.1, 0.15) is 17.8 Å². The van der Waals surface area contributed by atoms with E-state index >= 15 is 0 Å². The Morgan fingerprint density at radius 3 is 2.59 bits per heavy atom. The average molecular weight is 466 g/mol. The molecule has 0 radical (unpaired) electrons. The van der Waals surface area contributed by atoms with E-state index in [0.717, 1.165) is 17.7 Å². The second-order valence-corrected chi connectivity index (χ2v) is 7.06. The molecule has 1 N–H and O–H groups in total. The molecule has 0 atom stereocenters. The van der Waals surface area contributed by atoms with Crippen LogP contribution >= 0.6 is 0 Å². The van der Waals surface area contributed by atoms with Gasteiger partial charge in [0.05, 0.1) is 11.3 Å². The van der Waals surface area contributed by atoms with Crippen molar-refractivity contribution >= 4 is 11.6 Å². The molecule has 0 saturated heterocycles. The Labute approximate surface area is 192 Å². The second-order valence-electron chi connectivity index (χ2n) is 7.06. The van der Waals surface area contributed by atoms with E-state index in [0.29, 0.717) is 28.6 Å². The number of nitrogens with zero attached hydrogens (tertiary/aromatic N) is 3. The molecule has 4 rings (SSSR count). The van der Waals surface area contributed by atoms with Gasteiger partial charge >= 0.3 is 6.36 Å². The molecule has 0 bridgehead atoms. The highest BCUT2D eigenvalue weighted by atomic mass is 19.4. The standard InChI is InChI=1S/C24H17F3N4O3/c1-15-7-8-17(31-22(32)16-4-2-5-18(12-16)34-24(25,26)27)13-21(15)33-23-19(6-3-10-29-23)20-9-11-28-14-30-20/h2-14H,1H3,(H,31,32). The van der Waals surface area contributed by atoms with Gasteiger partial charge in [-0.15, -0.1) is 13.2 Å². The first-order valence-electron chi connectivity index (χ1n) is 9.95. The fraction of sp³-hybridized carbons (Fsp3) is 0.0833. The fourth-order valence-corrected chi connectivity index (χ4v) is 3.05. The molecule has 0 aliphatic heterocycles. The number of hydrogen-bond acceptors (Lipinski definition) is 6. The molecular formula is C24H17F3N4O3. The molecule has 2 aromatic heterocycles. The summed E-state index contributed by atoms with van der Waals surface area (Å²) in [5.74, 6) is -0.354. The largest absolute Gasteiger partial charge is 0.573 e. The van der Waals surface area contributed by atoms with Gasteiger partial charge in [-0.25, -0.2) is 15.0 Å². The number of anilines is 1. The van der Waals surface area contributed by atoms with Gasteiger partial charge in [-0.3, -0.25) is 4.79 Å². The van der Waals surface area contributed by atoms with Crippen LogP contribution in [0.3, 0.4) is 0 Å². The molecule has 7 nitrogen and oxygen atoms in total. The second kappa shape index (κ2) is 9.57. The van der Waals surface area contributed by atoms with Gasteiger partial charge in [0.25, 0.3) is 5.91 Å². The van der Waals surface area contributed by atoms with Crippen LogP contribution in [-0.4, -0.2) is 27.2 Å². The van der Waals surface area contributed by atoms with Crippen LogP contribution in [0.15, 0.2) is 79.4 Å². The minimum absolute atomic E-state index is 0.000525. The van der Waals surface area contributed by atoms with Crippen molar-refractivity contribution in [2.45, 2.75) is 13.3 Å². The van der Waals surface area contributed by atoms with Crippen molar-refractivity contribution < 1.29 is 27.4 Å². The van der Waals surface area contributed by atoms with Crippen molar-refractivity contribution in [3.63, 3.8) is 0 Å². The van der Waals surface area contributed by atoms with E-state index in [1.54, 1.807) is 42.7 Å². The first kappa shape index (κ1) is 22.7. The Hall–Kier alpha value is -4.47. The van der Waals surface area contributed by atoms with Crippen molar-refractivity contribution in [1.82, 2.24) is 15.0 Å². The number of benzene rings is 2. The number of carbonyl (C=O) groups excluding carboxylic acids is 1. The Morgan fingerprint density at radius 1 is 0.971 bits per heavy atom. The number of nitrogens with one attached hydrogen (secondary N) is 1. The third-order valence-corrected chi connectivity index (χ3v) is 4.61. The fourth-order valence-electron chi connectivity index (χ4n) is 3.05. The summed E-state index contributed by atoms with van der Waals surface area (Å²) in [7, 11) is 0. The van der Waals surface area contributed by atoms with Crippen molar-refractivity contribution in [2.24, 2.45) is 0 Å². The highest BCUT2D eigenvalue weighted by molar-refractivity contribution is 6.04. The third-order valence-electron chi connectivity index (χ3n) is 4.61. The number of pyridine rings is 1. The average Bonchev–Trinajstić information content (AvgIpc) is 2.81. The van der Waals surface area contributed by atoms with Gasteiger partial charge in [0.2, 0.25) is 5.88 Å². The Morgan fingerprint density at radius 2 is 1.82 bits per heavy atom. The summed E-state index contributed by atoms with van der Waals surface area (Å²) in [4.78, 5) is 25.0. The number of aromatic nitrogens is 3. The highest BCUT2D eigenvalue weighted by Crippen LogP contribution is 2.33. The summed E-state index contributed by atoms with van der Waals surface area (Å²) in [5, 5.41) is 2.65. The van der Waals surface area contributed by atoms with E-state index < -0.39 is 18.0 Å². The van der Waals surface area contributed by atoms with Crippen molar-refractivity contribution in [2.75, 3.05) is 5.32 Å². The number of carbonyl (C=O) groups is 1. The highest BCUT2D eigenvalue weighted by Gasteiger charge is 2.31. The number of rotatable bonds is 6. The summed E-state index contributed by atoms with van der Waals surface area (Å²) >= 11 is 0. The van der Waals surface area contributed by atoms with Crippen LogP contribution in [0.5, 0.6) is 17.4 Å². The first-order chi connectivity index (χ1) is 16.3. The van der Waals surface area contributed by atoms with Crippen LogP contribution in [0, 0.1) is 6.92 Å². The summed E-state index contributed by atoms with van der Waals surface area (Å²) in [6.07, 6.45) is -0.247. The topological polar surface area (TPSA) is 86.2 Å². The minimum atomic E-state index is -4.85. The van der Waals surface area contributed by atoms with E-state index in [1.165, 1.54) is 18.5 Å². The van der Waals surface area contributed by atoms with Gasteiger partial charge in [0.15, 0.2) is 0 Å². The Kier molecular flexibility index (Phi) is 6.39. The molecule has 4 aromatic rings. The molecule has 2 heterocycles. The van der Waals surface area contributed by atoms with E-state index in [2.05, 4.69) is 25.0 Å². The maximum Gasteiger partial charge on any atom is 0.573 e. The number of ether oxygens (including phenoxy) is 2. The maximum absolute atomic E-state index is 12.6. The van der Waals surface area contributed by atoms with Crippen LogP contribution in [0.25, 0.3) is 11.3 Å². The van der Waals surface area contributed by atoms with Crippen molar-refractivity contribution in [3.05, 3.63) is 90.5 Å². The normalized spacial score (nSPS) is 11.1. The molecule has 0 fully saturated rings. The first-order valence-corrected chi connectivity index (χ1v) is 9.95. The molecule has 0 spiro atoms.